The van der Waals surface area contributed by atoms with Gasteiger partial charge in [0.15, 0.2) is 0 Å². The number of halogens is 3. The van der Waals surface area contributed by atoms with Gasteiger partial charge < -0.3 is 37.2 Å². The minimum atomic E-state index is -2.65. The van der Waals surface area contributed by atoms with Crippen molar-refractivity contribution in [3.05, 3.63) is 99.5 Å². The van der Waals surface area contributed by atoms with Crippen LogP contribution in [-0.4, -0.2) is 36.3 Å². The number of benzene rings is 3. The molecule has 0 amide bonds. The van der Waals surface area contributed by atoms with Crippen LogP contribution in [0.4, 0.5) is 11.4 Å². The number of rotatable bonds is 6. The smallest absolute Gasteiger partial charge is 1.00 e. The summed E-state index contributed by atoms with van der Waals surface area (Å²) in [5.74, 6) is 0. The zero-order chi connectivity index (χ0) is 25.5. The normalized spacial score (nSPS) is 16.9. The SMILES string of the molecule is CC1=C(C)C(C)([Si](c2ccccc2)(c2ccccc2)c2cc(N(C)C)cc(N(C)C)c2)[C]([Ti+3])=C1C.[Cl-].[Cl-].[Cl-]. The summed E-state index contributed by atoms with van der Waals surface area (Å²) < 4.78 is 1.51. The van der Waals surface area contributed by atoms with Crippen LogP contribution in [0.3, 0.4) is 0 Å². The van der Waals surface area contributed by atoms with Gasteiger partial charge >= 0.3 is 226 Å². The van der Waals surface area contributed by atoms with E-state index in [-0.39, 0.29) is 42.3 Å². The largest absolute Gasteiger partial charge is 1.00 e. The molecule has 1 atom stereocenters. The molecule has 3 aromatic carbocycles. The maximum Gasteiger partial charge on any atom is -1.00 e. The third-order valence-corrected chi connectivity index (χ3v) is 15.7. The first-order valence-corrected chi connectivity index (χ1v) is 15.1. The second-order valence-corrected chi connectivity index (χ2v) is 15.4. The minimum absolute atomic E-state index is 0. The summed E-state index contributed by atoms with van der Waals surface area (Å²) in [6.45, 7) is 9.54. The van der Waals surface area contributed by atoms with Crippen molar-refractivity contribution in [3.8, 4) is 0 Å². The zero-order valence-corrected chi connectivity index (χ0v) is 28.4. The van der Waals surface area contributed by atoms with Gasteiger partial charge in [-0.2, -0.15) is 0 Å². The molecule has 200 valence electrons. The third-order valence-electron chi connectivity index (χ3n) is 8.28. The van der Waals surface area contributed by atoms with E-state index in [0.717, 1.165) is 0 Å². The fourth-order valence-corrected chi connectivity index (χ4v) is 13.6. The number of nitrogens with zero attached hydrogens (tertiary/aromatic N) is 2. The summed E-state index contributed by atoms with van der Waals surface area (Å²) in [6, 6.07) is 29.9. The van der Waals surface area contributed by atoms with Gasteiger partial charge in [0.2, 0.25) is 0 Å². The average Bonchev–Trinajstić information content (AvgIpc) is 3.01. The first kappa shape index (κ1) is 34.6. The van der Waals surface area contributed by atoms with Crippen molar-refractivity contribution >= 4 is 35.0 Å². The summed E-state index contributed by atoms with van der Waals surface area (Å²) in [7, 11) is 5.94. The predicted octanol–water partition coefficient (Wildman–Crippen LogP) is -3.77. The Labute approximate surface area is 261 Å². The van der Waals surface area contributed by atoms with Crippen LogP contribution in [0.25, 0.3) is 0 Å². The van der Waals surface area contributed by atoms with Crippen molar-refractivity contribution in [3.63, 3.8) is 0 Å². The molecule has 2 nitrogen and oxygen atoms in total. The molecule has 1 aliphatic carbocycles. The quantitative estimate of drug-likeness (QED) is 0.207. The van der Waals surface area contributed by atoms with Crippen molar-refractivity contribution < 1.29 is 57.7 Å². The predicted molar refractivity (Wildman–Crippen MR) is 152 cm³/mol. The van der Waals surface area contributed by atoms with Crippen molar-refractivity contribution in [2.24, 2.45) is 0 Å². The molecule has 3 aromatic rings. The Balaban J connectivity index is 0.00000241. The summed E-state index contributed by atoms with van der Waals surface area (Å²) in [6.07, 6.45) is 0. The summed E-state index contributed by atoms with van der Waals surface area (Å²) in [5, 5.41) is 4.26. The molecular weight excluding hydrogens is 583 g/mol. The van der Waals surface area contributed by atoms with Crippen LogP contribution in [-0.2, 0) is 20.4 Å². The molecule has 0 bridgehead atoms. The van der Waals surface area contributed by atoms with Gasteiger partial charge in [0.05, 0.1) is 0 Å². The van der Waals surface area contributed by atoms with Crippen LogP contribution in [0, 0.1) is 0 Å². The molecule has 0 heterocycles. The Hall–Kier alpha value is -1.46. The molecular formula is C31H37Cl3N2SiTi. The number of anilines is 2. The molecule has 1 unspecified atom stereocenters. The van der Waals surface area contributed by atoms with E-state index in [4.69, 9.17) is 0 Å². The maximum absolute atomic E-state index is 2.65. The molecule has 0 fully saturated rings. The van der Waals surface area contributed by atoms with Gasteiger partial charge in [-0.05, 0) is 0 Å². The van der Waals surface area contributed by atoms with E-state index < -0.39 is 8.07 Å². The Morgan fingerprint density at radius 1 is 0.605 bits per heavy atom. The summed E-state index contributed by atoms with van der Waals surface area (Å²) in [4.78, 5) is 4.48. The topological polar surface area (TPSA) is 6.48 Å². The molecule has 7 heteroatoms. The van der Waals surface area contributed by atoms with E-state index in [1.54, 1.807) is 0 Å². The monoisotopic (exact) mass is 618 g/mol. The van der Waals surface area contributed by atoms with Crippen molar-refractivity contribution in [2.45, 2.75) is 32.7 Å². The zero-order valence-electron chi connectivity index (χ0n) is 23.5. The van der Waals surface area contributed by atoms with E-state index in [9.17, 15) is 0 Å². The van der Waals surface area contributed by atoms with Crippen molar-refractivity contribution in [1.82, 2.24) is 0 Å². The number of hydrogen-bond acceptors (Lipinski definition) is 2. The van der Waals surface area contributed by atoms with Gasteiger partial charge in [0, 0.05) is 0 Å². The molecule has 4 rings (SSSR count). The first-order valence-electron chi connectivity index (χ1n) is 12.3. The standard InChI is InChI=1S/C31H37N2Si.3ClH.Ti/c1-23-22-31(4,25(3)24(23)2)34(28-15-11-9-12-16-28,29-17-13-10-14-18-29)30-20-26(32(5)6)19-27(21-30)33(7)8;;;;/h9-21H,1-8H3;3*1H;/q;;;;+3/p-3. The van der Waals surface area contributed by atoms with Crippen LogP contribution in [0.15, 0.2) is 99.5 Å². The molecule has 0 aliphatic heterocycles. The maximum atomic E-state index is 2.53. The Kier molecular flexibility index (Phi) is 12.1. The van der Waals surface area contributed by atoms with Crippen LogP contribution in [0.2, 0.25) is 5.04 Å². The molecule has 0 saturated carbocycles. The minimum Gasteiger partial charge on any atom is -1.00 e. The van der Waals surface area contributed by atoms with Gasteiger partial charge in [-0.15, -0.1) is 0 Å². The number of hydrogen-bond donors (Lipinski definition) is 0. The van der Waals surface area contributed by atoms with E-state index in [1.807, 2.05) is 0 Å². The van der Waals surface area contributed by atoms with Crippen molar-refractivity contribution in [1.29, 1.82) is 0 Å². The second kappa shape index (κ2) is 13.3. The molecule has 0 saturated heterocycles. The summed E-state index contributed by atoms with van der Waals surface area (Å²) >= 11 is 2.38. The van der Waals surface area contributed by atoms with Crippen LogP contribution in [0.5, 0.6) is 0 Å². The van der Waals surface area contributed by atoms with Crippen LogP contribution in [0.1, 0.15) is 27.7 Å². The molecule has 0 spiro atoms. The Morgan fingerprint density at radius 2 is 1.00 bits per heavy atom. The Morgan fingerprint density at radius 3 is 1.32 bits per heavy atom. The molecule has 0 aromatic heterocycles. The molecule has 0 N–H and O–H groups in total. The van der Waals surface area contributed by atoms with E-state index in [0.29, 0.717) is 0 Å². The molecule has 1 aliphatic rings. The fraction of sp³-hybridized carbons (Fsp3) is 0.290. The van der Waals surface area contributed by atoms with Gasteiger partial charge in [-0.1, -0.05) is 0 Å². The van der Waals surface area contributed by atoms with Gasteiger partial charge in [-0.3, -0.25) is 0 Å². The van der Waals surface area contributed by atoms with Gasteiger partial charge in [0.1, 0.15) is 0 Å². The second-order valence-electron chi connectivity index (χ2n) is 10.4. The fourth-order valence-electron chi connectivity index (χ4n) is 5.95. The average molecular weight is 620 g/mol. The molecule has 38 heavy (non-hydrogen) atoms. The number of allylic oxidation sites excluding steroid dienone is 4. The van der Waals surface area contributed by atoms with Gasteiger partial charge in [-0.25, -0.2) is 0 Å². The van der Waals surface area contributed by atoms with Crippen LogP contribution >= 0.6 is 0 Å². The summed E-state index contributed by atoms with van der Waals surface area (Å²) in [5.41, 5.74) is 6.89. The first-order chi connectivity index (χ1) is 16.6. The third kappa shape index (κ3) is 5.31. The van der Waals surface area contributed by atoms with Crippen molar-refractivity contribution in [2.75, 3.05) is 38.0 Å². The molecule has 0 radical (unpaired) electrons. The van der Waals surface area contributed by atoms with E-state index >= 15 is 0 Å². The Bertz CT molecular complexity index is 1220. The van der Waals surface area contributed by atoms with E-state index in [1.165, 1.54) is 47.5 Å². The van der Waals surface area contributed by atoms with Gasteiger partial charge in [0.25, 0.3) is 0 Å². The van der Waals surface area contributed by atoms with Crippen LogP contribution < -0.4 is 62.6 Å². The van der Waals surface area contributed by atoms with E-state index in [2.05, 4.69) is 165 Å².